The van der Waals surface area contributed by atoms with Gasteiger partial charge in [-0.3, -0.25) is 0 Å². The van der Waals surface area contributed by atoms with E-state index < -0.39 is 28.0 Å². The van der Waals surface area contributed by atoms with Gasteiger partial charge in [-0.15, -0.1) is 0 Å². The average Bonchev–Trinajstić information content (AvgIpc) is 2.50. The van der Waals surface area contributed by atoms with E-state index in [1.165, 1.54) is 6.07 Å². The molecule has 0 saturated carbocycles. The van der Waals surface area contributed by atoms with E-state index in [9.17, 15) is 17.7 Å². The number of pyridine rings is 1. The molecule has 0 aliphatic heterocycles. The summed E-state index contributed by atoms with van der Waals surface area (Å²) in [6.07, 6.45) is -3.44. The van der Waals surface area contributed by atoms with Gasteiger partial charge in [0, 0.05) is 0 Å². The molecular weight excluding hydrogens is 361 g/mol. The summed E-state index contributed by atoms with van der Waals surface area (Å²) >= 11 is -1.58. The smallest absolute Gasteiger partial charge is 0.433 e. The maximum atomic E-state index is 13.3. The summed E-state index contributed by atoms with van der Waals surface area (Å²) in [5, 5.41) is 0. The first-order valence-corrected chi connectivity index (χ1v) is 9.12. The number of aryl methyl sites for hydroxylation is 2. The zero-order valence-electron chi connectivity index (χ0n) is 15.3. The molecule has 0 saturated heterocycles. The fraction of sp³-hybridized carbons (Fsp3) is 0.368. The Morgan fingerprint density at radius 1 is 1.08 bits per heavy atom. The summed E-state index contributed by atoms with van der Waals surface area (Å²) in [6, 6.07) is 8.12. The Morgan fingerprint density at radius 3 is 2.15 bits per heavy atom. The van der Waals surface area contributed by atoms with Crippen molar-refractivity contribution in [3.8, 4) is 11.1 Å². The van der Waals surface area contributed by atoms with Crippen molar-refractivity contribution in [2.45, 2.75) is 45.5 Å². The third-order valence-electron chi connectivity index (χ3n) is 3.71. The van der Waals surface area contributed by atoms with E-state index in [1.54, 1.807) is 20.8 Å². The Hall–Kier alpha value is -1.86. The molecule has 1 aromatic carbocycles. The molecule has 0 amide bonds. The molecule has 1 atom stereocenters. The lowest BCUT2D eigenvalue weighted by Crippen LogP contribution is -2.25. The third kappa shape index (κ3) is 4.86. The number of hydrogen-bond donors (Lipinski definition) is 0. The van der Waals surface area contributed by atoms with Crippen molar-refractivity contribution in [3.63, 3.8) is 0 Å². The first-order chi connectivity index (χ1) is 11.9. The minimum atomic E-state index is -4.58. The van der Waals surface area contributed by atoms with E-state index in [4.69, 9.17) is 0 Å². The van der Waals surface area contributed by atoms with Gasteiger partial charge in [0.15, 0.2) is 0 Å². The molecule has 0 aliphatic carbocycles. The lowest BCUT2D eigenvalue weighted by molar-refractivity contribution is -0.141. The Kier molecular flexibility index (Phi) is 5.82. The van der Waals surface area contributed by atoms with Gasteiger partial charge in [0.05, 0.1) is 5.69 Å². The predicted octanol–water partition coefficient (Wildman–Crippen LogP) is 5.27. The number of rotatable bonds is 3. The van der Waals surface area contributed by atoms with Crippen LogP contribution in [0.25, 0.3) is 11.1 Å². The van der Waals surface area contributed by atoms with Crippen molar-refractivity contribution < 1.29 is 17.7 Å². The number of halogens is 3. The molecule has 2 aromatic rings. The van der Waals surface area contributed by atoms with Crippen LogP contribution in [0, 0.1) is 13.8 Å². The number of alkyl halides is 3. The van der Waals surface area contributed by atoms with Crippen LogP contribution in [0.15, 0.2) is 34.7 Å². The zero-order chi connectivity index (χ0) is 19.7. The highest BCUT2D eigenvalue weighted by Gasteiger charge is 2.33. The molecule has 1 heterocycles. The summed E-state index contributed by atoms with van der Waals surface area (Å²) in [6.45, 7) is 8.91. The van der Waals surface area contributed by atoms with E-state index in [-0.39, 0.29) is 5.69 Å². The van der Waals surface area contributed by atoms with E-state index in [0.29, 0.717) is 5.56 Å². The molecule has 3 nitrogen and oxygen atoms in total. The van der Waals surface area contributed by atoms with Gasteiger partial charge in [-0.1, -0.05) is 22.6 Å². The van der Waals surface area contributed by atoms with Crippen molar-refractivity contribution in [2.75, 3.05) is 0 Å². The average molecular weight is 382 g/mol. The molecule has 1 aromatic heterocycles. The molecule has 0 radical (unpaired) electrons. The van der Waals surface area contributed by atoms with E-state index in [2.05, 4.69) is 9.38 Å². The molecular formula is C19H21F3N2OS. The highest BCUT2D eigenvalue weighted by molar-refractivity contribution is 7.91. The first kappa shape index (κ1) is 20.5. The largest absolute Gasteiger partial charge is 0.591 e. The van der Waals surface area contributed by atoms with Crippen LogP contribution in [0.1, 0.15) is 43.3 Å². The molecule has 140 valence electrons. The van der Waals surface area contributed by atoms with Crippen LogP contribution in [0.3, 0.4) is 0 Å². The van der Waals surface area contributed by atoms with Gasteiger partial charge in [0.1, 0.15) is 28.0 Å². The SMILES string of the molecule is Cc1cccc(C)c1-c1cc(/C=N/[S@+]([O-])C(C)(C)C)nc(C(F)(F)F)c1. The molecule has 0 spiro atoms. The topological polar surface area (TPSA) is 48.3 Å². The first-order valence-electron chi connectivity index (χ1n) is 8.01. The Balaban J connectivity index is 2.59. The predicted molar refractivity (Wildman–Crippen MR) is 99.6 cm³/mol. The minimum Gasteiger partial charge on any atom is -0.591 e. The van der Waals surface area contributed by atoms with Crippen LogP contribution in [0.5, 0.6) is 0 Å². The van der Waals surface area contributed by atoms with Gasteiger partial charge in [0.25, 0.3) is 0 Å². The number of aromatic nitrogens is 1. The van der Waals surface area contributed by atoms with Crippen molar-refractivity contribution in [2.24, 2.45) is 4.40 Å². The summed E-state index contributed by atoms with van der Waals surface area (Å²) in [5.41, 5.74) is 1.89. The molecule has 0 unspecified atom stereocenters. The van der Waals surface area contributed by atoms with Gasteiger partial charge in [0.2, 0.25) is 0 Å². The second-order valence-electron chi connectivity index (χ2n) is 7.03. The summed E-state index contributed by atoms with van der Waals surface area (Å²) in [5.74, 6) is 0. The van der Waals surface area contributed by atoms with Gasteiger partial charge < -0.3 is 4.55 Å². The molecule has 7 heteroatoms. The molecule has 0 N–H and O–H groups in total. The molecule has 0 bridgehead atoms. The maximum absolute atomic E-state index is 13.3. The quantitative estimate of drug-likeness (QED) is 0.537. The Bertz CT molecular complexity index is 806. The Labute approximate surface area is 154 Å². The zero-order valence-corrected chi connectivity index (χ0v) is 16.1. The van der Waals surface area contributed by atoms with Crippen LogP contribution >= 0.6 is 0 Å². The number of hydrogen-bond acceptors (Lipinski definition) is 3. The standard InChI is InChI=1S/C19H21F3N2OS/c1-12-7-6-8-13(2)17(12)14-9-15(11-23-26(25)18(3,4)5)24-16(10-14)19(20,21)22/h6-11H,1-5H3/b23-11+/t26-/m1/s1. The van der Waals surface area contributed by atoms with Gasteiger partial charge in [-0.25, -0.2) is 4.98 Å². The highest BCUT2D eigenvalue weighted by Crippen LogP contribution is 2.33. The van der Waals surface area contributed by atoms with Crippen molar-refractivity contribution in [1.29, 1.82) is 0 Å². The monoisotopic (exact) mass is 382 g/mol. The minimum absolute atomic E-state index is 0.0232. The van der Waals surface area contributed by atoms with Gasteiger partial charge in [-0.2, -0.15) is 13.2 Å². The molecule has 0 fully saturated rings. The normalized spacial score (nSPS) is 14.0. The highest BCUT2D eigenvalue weighted by atomic mass is 32.2. The van der Waals surface area contributed by atoms with Crippen LogP contribution in [-0.4, -0.2) is 20.5 Å². The van der Waals surface area contributed by atoms with E-state index in [1.807, 2.05) is 32.0 Å². The van der Waals surface area contributed by atoms with Crippen LogP contribution in [0.2, 0.25) is 0 Å². The maximum Gasteiger partial charge on any atom is 0.433 e. The summed E-state index contributed by atoms with van der Waals surface area (Å²) in [4.78, 5) is 3.63. The van der Waals surface area contributed by atoms with Gasteiger partial charge >= 0.3 is 6.18 Å². The number of benzene rings is 1. The molecule has 26 heavy (non-hydrogen) atoms. The molecule has 0 aliphatic rings. The van der Waals surface area contributed by atoms with Crippen molar-refractivity contribution in [1.82, 2.24) is 4.98 Å². The van der Waals surface area contributed by atoms with Crippen LogP contribution in [-0.2, 0) is 17.5 Å². The van der Waals surface area contributed by atoms with Crippen LogP contribution in [0.4, 0.5) is 13.2 Å². The van der Waals surface area contributed by atoms with E-state index in [0.717, 1.165) is 29.0 Å². The fourth-order valence-electron chi connectivity index (χ4n) is 2.44. The van der Waals surface area contributed by atoms with Crippen LogP contribution < -0.4 is 0 Å². The number of nitrogens with zero attached hydrogens (tertiary/aromatic N) is 2. The van der Waals surface area contributed by atoms with Gasteiger partial charge in [-0.05, 0) is 69.0 Å². The summed E-state index contributed by atoms with van der Waals surface area (Å²) < 4.78 is 55.2. The van der Waals surface area contributed by atoms with Crippen molar-refractivity contribution >= 4 is 17.6 Å². The third-order valence-corrected chi connectivity index (χ3v) is 5.05. The fourth-order valence-corrected chi connectivity index (χ4v) is 2.96. The lowest BCUT2D eigenvalue weighted by atomic mass is 9.95. The summed E-state index contributed by atoms with van der Waals surface area (Å²) in [7, 11) is 0. The van der Waals surface area contributed by atoms with E-state index >= 15 is 0 Å². The lowest BCUT2D eigenvalue weighted by Gasteiger charge is -2.18. The molecule has 2 rings (SSSR count). The second kappa shape index (κ2) is 7.40. The second-order valence-corrected chi connectivity index (χ2v) is 8.96. The van der Waals surface area contributed by atoms with Crippen molar-refractivity contribution in [3.05, 3.63) is 52.8 Å². The Morgan fingerprint density at radius 2 is 1.65 bits per heavy atom.